The topological polar surface area (TPSA) is 43.4 Å². The molecular weight excluding hydrogens is 240 g/mol. The highest BCUT2D eigenvalue weighted by Gasteiger charge is 2.38. The number of hydrogen-bond donors (Lipinski definition) is 0. The Morgan fingerprint density at radius 1 is 1.18 bits per heavy atom. The van der Waals surface area contributed by atoms with E-state index >= 15 is 0 Å². The van der Waals surface area contributed by atoms with Crippen LogP contribution in [0.3, 0.4) is 0 Å². The highest BCUT2D eigenvalue weighted by Crippen LogP contribution is 2.36. The second kappa shape index (κ2) is 5.32. The van der Waals surface area contributed by atoms with E-state index in [1.165, 1.54) is 0 Å². The molecule has 0 radical (unpaired) electrons. The Hall–Kier alpha value is -1.35. The molecular formula is C13H13ClO3. The lowest BCUT2D eigenvalue weighted by Gasteiger charge is -2.30. The van der Waals surface area contributed by atoms with Gasteiger partial charge in [0.2, 0.25) is 5.24 Å². The van der Waals surface area contributed by atoms with E-state index in [0.717, 1.165) is 5.56 Å². The maximum atomic E-state index is 11.6. The second-order valence-corrected chi connectivity index (χ2v) is 4.64. The van der Waals surface area contributed by atoms with Gasteiger partial charge in [-0.15, -0.1) is 0 Å². The van der Waals surface area contributed by atoms with E-state index < -0.39 is 0 Å². The van der Waals surface area contributed by atoms with Gasteiger partial charge in [-0.25, -0.2) is 0 Å². The first-order chi connectivity index (χ1) is 8.16. The van der Waals surface area contributed by atoms with Crippen LogP contribution in [0.1, 0.15) is 18.4 Å². The number of ether oxygens (including phenoxy) is 1. The Balaban J connectivity index is 1.74. The van der Waals surface area contributed by atoms with Crippen molar-refractivity contribution in [3.05, 3.63) is 35.9 Å². The van der Waals surface area contributed by atoms with Crippen LogP contribution in [-0.4, -0.2) is 11.2 Å². The monoisotopic (exact) mass is 252 g/mol. The van der Waals surface area contributed by atoms with Crippen LogP contribution in [0.4, 0.5) is 0 Å². The van der Waals surface area contributed by atoms with Gasteiger partial charge in [-0.1, -0.05) is 30.3 Å². The SMILES string of the molecule is O=C(Cl)C1CC(C(=O)OCc2ccccc2)C1. The molecule has 0 bridgehead atoms. The van der Waals surface area contributed by atoms with Gasteiger partial charge in [0.05, 0.1) is 5.92 Å². The summed E-state index contributed by atoms with van der Waals surface area (Å²) < 4.78 is 5.17. The number of hydrogen-bond acceptors (Lipinski definition) is 3. The van der Waals surface area contributed by atoms with E-state index in [0.29, 0.717) is 12.8 Å². The molecule has 0 N–H and O–H groups in total. The summed E-state index contributed by atoms with van der Waals surface area (Å²) in [7, 11) is 0. The highest BCUT2D eigenvalue weighted by molar-refractivity contribution is 6.64. The molecule has 0 amide bonds. The van der Waals surface area contributed by atoms with Crippen LogP contribution in [0.5, 0.6) is 0 Å². The van der Waals surface area contributed by atoms with Crippen molar-refractivity contribution in [2.75, 3.05) is 0 Å². The molecule has 0 aromatic heterocycles. The zero-order chi connectivity index (χ0) is 12.3. The van der Waals surface area contributed by atoms with E-state index in [1.807, 2.05) is 30.3 Å². The first-order valence-electron chi connectivity index (χ1n) is 5.56. The van der Waals surface area contributed by atoms with Crippen LogP contribution in [0, 0.1) is 11.8 Å². The number of rotatable bonds is 4. The van der Waals surface area contributed by atoms with Crippen molar-refractivity contribution >= 4 is 22.8 Å². The van der Waals surface area contributed by atoms with Gasteiger partial charge in [-0.2, -0.15) is 0 Å². The quantitative estimate of drug-likeness (QED) is 0.611. The van der Waals surface area contributed by atoms with Crippen LogP contribution >= 0.6 is 11.6 Å². The average molecular weight is 253 g/mol. The molecule has 2 rings (SSSR count). The van der Waals surface area contributed by atoms with Crippen molar-refractivity contribution in [3.8, 4) is 0 Å². The Kier molecular flexibility index (Phi) is 3.79. The average Bonchev–Trinajstić information content (AvgIpc) is 2.25. The van der Waals surface area contributed by atoms with Gasteiger partial charge in [-0.05, 0) is 30.0 Å². The van der Waals surface area contributed by atoms with Gasteiger partial charge in [0.15, 0.2) is 0 Å². The molecule has 0 saturated heterocycles. The van der Waals surface area contributed by atoms with Crippen molar-refractivity contribution in [3.63, 3.8) is 0 Å². The number of halogens is 1. The minimum Gasteiger partial charge on any atom is -0.461 e. The number of carbonyl (C=O) groups excluding carboxylic acids is 2. The Bertz CT molecular complexity index is 410. The van der Waals surface area contributed by atoms with Gasteiger partial charge in [0.25, 0.3) is 0 Å². The van der Waals surface area contributed by atoms with Gasteiger partial charge in [-0.3, -0.25) is 9.59 Å². The van der Waals surface area contributed by atoms with E-state index in [2.05, 4.69) is 0 Å². The second-order valence-electron chi connectivity index (χ2n) is 4.26. The Morgan fingerprint density at radius 2 is 1.82 bits per heavy atom. The summed E-state index contributed by atoms with van der Waals surface area (Å²) in [4.78, 5) is 22.4. The van der Waals surface area contributed by atoms with Crippen molar-refractivity contribution < 1.29 is 14.3 Å². The van der Waals surface area contributed by atoms with E-state index in [9.17, 15) is 9.59 Å². The van der Waals surface area contributed by atoms with Crippen LogP contribution in [0.15, 0.2) is 30.3 Å². The highest BCUT2D eigenvalue weighted by atomic mass is 35.5. The molecule has 1 aromatic carbocycles. The van der Waals surface area contributed by atoms with Gasteiger partial charge < -0.3 is 4.74 Å². The predicted molar refractivity (Wildman–Crippen MR) is 63.3 cm³/mol. The molecule has 1 aliphatic carbocycles. The first-order valence-corrected chi connectivity index (χ1v) is 5.94. The number of carbonyl (C=O) groups is 2. The summed E-state index contributed by atoms with van der Waals surface area (Å²) in [6.07, 6.45) is 1.05. The lowest BCUT2D eigenvalue weighted by atomic mass is 9.76. The smallest absolute Gasteiger partial charge is 0.309 e. The van der Waals surface area contributed by atoms with Crippen LogP contribution in [-0.2, 0) is 20.9 Å². The fraction of sp³-hybridized carbons (Fsp3) is 0.385. The van der Waals surface area contributed by atoms with E-state index in [4.69, 9.17) is 16.3 Å². The molecule has 0 atom stereocenters. The largest absolute Gasteiger partial charge is 0.461 e. The van der Waals surface area contributed by atoms with Crippen molar-refractivity contribution in [2.45, 2.75) is 19.4 Å². The maximum absolute atomic E-state index is 11.6. The Labute approximate surface area is 105 Å². The normalized spacial score (nSPS) is 22.6. The molecule has 1 saturated carbocycles. The lowest BCUT2D eigenvalue weighted by Crippen LogP contribution is -2.34. The van der Waals surface area contributed by atoms with Crippen molar-refractivity contribution in [1.82, 2.24) is 0 Å². The minimum atomic E-state index is -0.350. The van der Waals surface area contributed by atoms with E-state index in [1.54, 1.807) is 0 Å². The van der Waals surface area contributed by atoms with Gasteiger partial charge in [0.1, 0.15) is 6.61 Å². The molecule has 3 nitrogen and oxygen atoms in total. The standard InChI is InChI=1S/C13H13ClO3/c14-12(15)10-6-11(7-10)13(16)17-8-9-4-2-1-3-5-9/h1-5,10-11H,6-8H2. The van der Waals surface area contributed by atoms with Crippen LogP contribution < -0.4 is 0 Å². The summed E-state index contributed by atoms with van der Waals surface area (Å²) in [6.45, 7) is 0.287. The van der Waals surface area contributed by atoms with Gasteiger partial charge in [0, 0.05) is 5.92 Å². The summed E-state index contributed by atoms with van der Waals surface area (Å²) in [5, 5.41) is -0.350. The zero-order valence-electron chi connectivity index (χ0n) is 9.27. The summed E-state index contributed by atoms with van der Waals surface area (Å²) in [5.41, 5.74) is 0.963. The third-order valence-corrected chi connectivity index (χ3v) is 3.32. The summed E-state index contributed by atoms with van der Waals surface area (Å²) >= 11 is 5.33. The predicted octanol–water partition coefficient (Wildman–Crippen LogP) is 2.52. The molecule has 0 spiro atoms. The van der Waals surface area contributed by atoms with Crippen molar-refractivity contribution in [2.24, 2.45) is 11.8 Å². The number of benzene rings is 1. The van der Waals surface area contributed by atoms with Gasteiger partial charge >= 0.3 is 5.97 Å². The molecule has 0 aliphatic heterocycles. The molecule has 1 aromatic rings. The van der Waals surface area contributed by atoms with E-state index in [-0.39, 0.29) is 29.7 Å². The third kappa shape index (κ3) is 3.07. The molecule has 4 heteroatoms. The lowest BCUT2D eigenvalue weighted by molar-refractivity contribution is -0.155. The molecule has 0 unspecified atom stereocenters. The van der Waals surface area contributed by atoms with Crippen molar-refractivity contribution in [1.29, 1.82) is 0 Å². The molecule has 17 heavy (non-hydrogen) atoms. The zero-order valence-corrected chi connectivity index (χ0v) is 10.0. The minimum absolute atomic E-state index is 0.161. The molecule has 1 fully saturated rings. The summed E-state index contributed by atoms with van der Waals surface area (Å²) in [5.74, 6) is -0.555. The Morgan fingerprint density at radius 3 is 2.41 bits per heavy atom. The molecule has 0 heterocycles. The summed E-state index contributed by atoms with van der Waals surface area (Å²) in [6, 6.07) is 9.51. The van der Waals surface area contributed by atoms with Crippen LogP contribution in [0.2, 0.25) is 0 Å². The fourth-order valence-electron chi connectivity index (χ4n) is 1.84. The van der Waals surface area contributed by atoms with Crippen LogP contribution in [0.25, 0.3) is 0 Å². The molecule has 1 aliphatic rings. The molecule has 90 valence electrons. The third-order valence-electron chi connectivity index (χ3n) is 3.02. The first kappa shape index (κ1) is 12.1. The maximum Gasteiger partial charge on any atom is 0.309 e. The fourth-order valence-corrected chi connectivity index (χ4v) is 2.02. The number of esters is 1.